The summed E-state index contributed by atoms with van der Waals surface area (Å²) in [4.78, 5) is 37.4. The molecule has 2 rings (SSSR count). The number of aryl methyl sites for hydroxylation is 1. The Labute approximate surface area is 127 Å². The Morgan fingerprint density at radius 3 is 2.59 bits per heavy atom. The second-order valence-corrected chi connectivity index (χ2v) is 4.98. The average Bonchev–Trinajstić information content (AvgIpc) is 2.52. The molecule has 0 fully saturated rings. The van der Waals surface area contributed by atoms with E-state index in [1.54, 1.807) is 37.0 Å². The SMILES string of the molecule is CCn1nc(C(=O)NCC(=O)N(C)C)c(=O)c2ccccc21. The number of fused-ring (bicyclic) bond motifs is 1. The molecule has 1 N–H and O–H groups in total. The van der Waals surface area contributed by atoms with Crippen LogP contribution in [0.15, 0.2) is 29.1 Å². The highest BCUT2D eigenvalue weighted by molar-refractivity contribution is 5.97. The summed E-state index contributed by atoms with van der Waals surface area (Å²) in [5.74, 6) is -0.905. The topological polar surface area (TPSA) is 84.3 Å². The van der Waals surface area contributed by atoms with Crippen molar-refractivity contribution in [3.8, 4) is 0 Å². The van der Waals surface area contributed by atoms with E-state index >= 15 is 0 Å². The molecule has 22 heavy (non-hydrogen) atoms. The van der Waals surface area contributed by atoms with Crippen molar-refractivity contribution in [2.24, 2.45) is 0 Å². The van der Waals surface area contributed by atoms with E-state index in [4.69, 9.17) is 0 Å². The molecule has 0 atom stereocenters. The predicted octanol–water partition coefficient (Wildman–Crippen LogP) is 0.234. The maximum atomic E-state index is 12.4. The molecule has 0 unspecified atom stereocenters. The zero-order chi connectivity index (χ0) is 16.3. The average molecular weight is 302 g/mol. The number of aromatic nitrogens is 2. The van der Waals surface area contributed by atoms with Gasteiger partial charge in [-0.2, -0.15) is 5.10 Å². The van der Waals surface area contributed by atoms with Gasteiger partial charge >= 0.3 is 0 Å². The minimum Gasteiger partial charge on any atom is -0.347 e. The van der Waals surface area contributed by atoms with Crippen LogP contribution in [0.25, 0.3) is 10.9 Å². The van der Waals surface area contributed by atoms with Gasteiger partial charge in [0.25, 0.3) is 5.91 Å². The fourth-order valence-electron chi connectivity index (χ4n) is 2.03. The van der Waals surface area contributed by atoms with E-state index in [9.17, 15) is 14.4 Å². The molecule has 0 aliphatic rings. The highest BCUT2D eigenvalue weighted by Gasteiger charge is 2.17. The zero-order valence-corrected chi connectivity index (χ0v) is 12.8. The first-order chi connectivity index (χ1) is 10.5. The number of rotatable bonds is 4. The molecule has 7 nitrogen and oxygen atoms in total. The number of carbonyl (C=O) groups excluding carboxylic acids is 2. The van der Waals surface area contributed by atoms with Gasteiger partial charge in [-0.15, -0.1) is 0 Å². The van der Waals surface area contributed by atoms with E-state index in [-0.39, 0.29) is 18.1 Å². The largest absolute Gasteiger partial charge is 0.347 e. The van der Waals surface area contributed by atoms with Gasteiger partial charge in [-0.3, -0.25) is 19.1 Å². The van der Waals surface area contributed by atoms with Crippen LogP contribution in [-0.2, 0) is 11.3 Å². The van der Waals surface area contributed by atoms with E-state index in [0.717, 1.165) is 0 Å². The first kappa shape index (κ1) is 15.7. The van der Waals surface area contributed by atoms with E-state index in [2.05, 4.69) is 10.4 Å². The number of likely N-dealkylation sites (N-methyl/N-ethyl adjacent to an activating group) is 1. The van der Waals surface area contributed by atoms with E-state index in [1.165, 1.54) is 4.90 Å². The lowest BCUT2D eigenvalue weighted by atomic mass is 10.2. The Morgan fingerprint density at radius 2 is 1.95 bits per heavy atom. The lowest BCUT2D eigenvalue weighted by Gasteiger charge is -2.12. The molecular weight excluding hydrogens is 284 g/mol. The monoisotopic (exact) mass is 302 g/mol. The quantitative estimate of drug-likeness (QED) is 0.876. The summed E-state index contributed by atoms with van der Waals surface area (Å²) in [7, 11) is 3.18. The van der Waals surface area contributed by atoms with E-state index < -0.39 is 11.3 Å². The summed E-state index contributed by atoms with van der Waals surface area (Å²) < 4.78 is 1.60. The van der Waals surface area contributed by atoms with Crippen LogP contribution in [-0.4, -0.2) is 47.1 Å². The third-order valence-corrected chi connectivity index (χ3v) is 3.28. The standard InChI is InChI=1S/C15H18N4O3/c1-4-19-11-8-6-5-7-10(11)14(21)13(17-19)15(22)16-9-12(20)18(2)3/h5-8H,4,9H2,1-3H3,(H,16,22). The lowest BCUT2D eigenvalue weighted by molar-refractivity contribution is -0.127. The van der Waals surface area contributed by atoms with Gasteiger partial charge in [-0.05, 0) is 19.1 Å². The van der Waals surface area contributed by atoms with Crippen LogP contribution in [0.2, 0.25) is 0 Å². The molecule has 0 aliphatic carbocycles. The van der Waals surface area contributed by atoms with Crippen LogP contribution in [0.3, 0.4) is 0 Å². The normalized spacial score (nSPS) is 10.5. The molecule has 116 valence electrons. The molecule has 0 saturated carbocycles. The molecule has 0 spiro atoms. The molecule has 2 amide bonds. The fraction of sp³-hybridized carbons (Fsp3) is 0.333. The number of nitrogens with zero attached hydrogens (tertiary/aromatic N) is 3. The maximum Gasteiger partial charge on any atom is 0.276 e. The molecule has 1 aromatic heterocycles. The molecule has 1 aromatic carbocycles. The van der Waals surface area contributed by atoms with Crippen LogP contribution in [0.4, 0.5) is 0 Å². The second kappa shape index (κ2) is 6.38. The van der Waals surface area contributed by atoms with Gasteiger partial charge in [0.15, 0.2) is 5.69 Å². The molecular formula is C15H18N4O3. The molecule has 0 bridgehead atoms. The molecule has 0 aliphatic heterocycles. The number of para-hydroxylation sites is 1. The second-order valence-electron chi connectivity index (χ2n) is 4.98. The predicted molar refractivity (Wildman–Crippen MR) is 82.7 cm³/mol. The van der Waals surface area contributed by atoms with Crippen LogP contribution >= 0.6 is 0 Å². The van der Waals surface area contributed by atoms with Crippen molar-refractivity contribution in [3.63, 3.8) is 0 Å². The molecule has 1 heterocycles. The minimum absolute atomic E-state index is 0.175. The van der Waals surface area contributed by atoms with Crippen molar-refractivity contribution in [2.45, 2.75) is 13.5 Å². The molecule has 0 saturated heterocycles. The highest BCUT2D eigenvalue weighted by Crippen LogP contribution is 2.09. The van der Waals surface area contributed by atoms with Crippen molar-refractivity contribution in [1.82, 2.24) is 20.0 Å². The summed E-state index contributed by atoms with van der Waals surface area (Å²) in [5, 5.41) is 6.97. The minimum atomic E-state index is -0.645. The summed E-state index contributed by atoms with van der Waals surface area (Å²) in [6.45, 7) is 2.23. The van der Waals surface area contributed by atoms with Crippen LogP contribution < -0.4 is 10.7 Å². The number of benzene rings is 1. The zero-order valence-electron chi connectivity index (χ0n) is 12.8. The molecule has 2 aromatic rings. The fourth-order valence-corrected chi connectivity index (χ4v) is 2.03. The van der Waals surface area contributed by atoms with E-state index in [1.807, 2.05) is 13.0 Å². The van der Waals surface area contributed by atoms with Crippen molar-refractivity contribution in [3.05, 3.63) is 40.2 Å². The Bertz CT molecular complexity index is 780. The third kappa shape index (κ3) is 2.98. The van der Waals surface area contributed by atoms with Gasteiger partial charge in [0.2, 0.25) is 11.3 Å². The molecule has 7 heteroatoms. The Hall–Kier alpha value is -2.70. The van der Waals surface area contributed by atoms with Crippen molar-refractivity contribution in [1.29, 1.82) is 0 Å². The number of hydrogen-bond acceptors (Lipinski definition) is 4. The van der Waals surface area contributed by atoms with Crippen LogP contribution in [0, 0.1) is 0 Å². The third-order valence-electron chi connectivity index (χ3n) is 3.28. The summed E-state index contributed by atoms with van der Waals surface area (Å²) >= 11 is 0. The van der Waals surface area contributed by atoms with Crippen molar-refractivity contribution >= 4 is 22.7 Å². The maximum absolute atomic E-state index is 12.4. The van der Waals surface area contributed by atoms with Gasteiger partial charge in [0.1, 0.15) is 0 Å². The highest BCUT2D eigenvalue weighted by atomic mass is 16.2. The van der Waals surface area contributed by atoms with Gasteiger partial charge in [0, 0.05) is 26.0 Å². The summed E-state index contributed by atoms with van der Waals surface area (Å²) in [6.07, 6.45) is 0. The summed E-state index contributed by atoms with van der Waals surface area (Å²) in [6, 6.07) is 6.99. The Balaban J connectivity index is 2.39. The van der Waals surface area contributed by atoms with Crippen LogP contribution in [0.5, 0.6) is 0 Å². The first-order valence-electron chi connectivity index (χ1n) is 6.94. The Kier molecular flexibility index (Phi) is 4.55. The van der Waals surface area contributed by atoms with Gasteiger partial charge in [-0.25, -0.2) is 0 Å². The van der Waals surface area contributed by atoms with Crippen LogP contribution in [0.1, 0.15) is 17.4 Å². The smallest absolute Gasteiger partial charge is 0.276 e. The van der Waals surface area contributed by atoms with E-state index in [0.29, 0.717) is 17.4 Å². The number of hydrogen-bond donors (Lipinski definition) is 1. The van der Waals surface area contributed by atoms with Crippen molar-refractivity contribution in [2.75, 3.05) is 20.6 Å². The van der Waals surface area contributed by atoms with Gasteiger partial charge < -0.3 is 10.2 Å². The van der Waals surface area contributed by atoms with Crippen molar-refractivity contribution < 1.29 is 9.59 Å². The first-order valence-corrected chi connectivity index (χ1v) is 6.94. The summed E-state index contributed by atoms with van der Waals surface area (Å²) in [5.41, 5.74) is 0.0399. The van der Waals surface area contributed by atoms with Gasteiger partial charge in [-0.1, -0.05) is 12.1 Å². The Morgan fingerprint density at radius 1 is 1.27 bits per heavy atom. The number of amides is 2. The lowest BCUT2D eigenvalue weighted by Crippen LogP contribution is -2.39. The van der Waals surface area contributed by atoms with Gasteiger partial charge in [0.05, 0.1) is 12.1 Å². The molecule has 0 radical (unpaired) electrons. The number of carbonyl (C=O) groups is 2. The number of nitrogens with one attached hydrogen (secondary N) is 1.